The minimum absolute atomic E-state index is 0.0994. The zero-order valence-electron chi connectivity index (χ0n) is 14.4. The SMILES string of the molecule is CNC(C(=O)NCCOc1ccc2ccccc2c1)c1cnn(C)c1. The molecule has 0 saturated heterocycles. The van der Waals surface area contributed by atoms with Crippen LogP contribution in [0.15, 0.2) is 54.9 Å². The van der Waals surface area contributed by atoms with Crippen LogP contribution in [0, 0.1) is 0 Å². The van der Waals surface area contributed by atoms with Crippen LogP contribution in [0.3, 0.4) is 0 Å². The zero-order valence-corrected chi connectivity index (χ0v) is 14.4. The molecule has 1 amide bonds. The molecule has 0 saturated carbocycles. The van der Waals surface area contributed by atoms with Crippen LogP contribution in [-0.4, -0.2) is 35.9 Å². The van der Waals surface area contributed by atoms with E-state index in [9.17, 15) is 4.79 Å². The third-order valence-corrected chi connectivity index (χ3v) is 4.00. The maximum atomic E-state index is 12.3. The van der Waals surface area contributed by atoms with Gasteiger partial charge in [0.2, 0.25) is 5.91 Å². The molecule has 0 spiro atoms. The van der Waals surface area contributed by atoms with Gasteiger partial charge in [0.05, 0.1) is 12.7 Å². The number of carbonyl (C=O) groups is 1. The molecule has 130 valence electrons. The molecule has 3 rings (SSSR count). The molecule has 0 fully saturated rings. The molecular formula is C19H22N4O2. The van der Waals surface area contributed by atoms with Crippen LogP contribution in [-0.2, 0) is 11.8 Å². The fourth-order valence-electron chi connectivity index (χ4n) is 2.74. The molecule has 1 atom stereocenters. The molecule has 1 heterocycles. The lowest BCUT2D eigenvalue weighted by molar-refractivity contribution is -0.123. The number of nitrogens with one attached hydrogen (secondary N) is 2. The number of benzene rings is 2. The molecule has 0 bridgehead atoms. The van der Waals surface area contributed by atoms with Crippen molar-refractivity contribution in [3.05, 3.63) is 60.4 Å². The van der Waals surface area contributed by atoms with Crippen molar-refractivity contribution < 1.29 is 9.53 Å². The molecule has 1 unspecified atom stereocenters. The molecule has 25 heavy (non-hydrogen) atoms. The molecular weight excluding hydrogens is 316 g/mol. The van der Waals surface area contributed by atoms with Crippen molar-refractivity contribution in [2.24, 2.45) is 7.05 Å². The van der Waals surface area contributed by atoms with Gasteiger partial charge in [-0.25, -0.2) is 0 Å². The number of hydrogen-bond donors (Lipinski definition) is 2. The lowest BCUT2D eigenvalue weighted by Gasteiger charge is -2.15. The molecule has 1 aromatic heterocycles. The number of amides is 1. The predicted octanol–water partition coefficient (Wildman–Crippen LogP) is 2.03. The number of aromatic nitrogens is 2. The third-order valence-electron chi connectivity index (χ3n) is 4.00. The van der Waals surface area contributed by atoms with Crippen LogP contribution in [0.2, 0.25) is 0 Å². The fourth-order valence-corrected chi connectivity index (χ4v) is 2.74. The normalized spacial score (nSPS) is 12.1. The van der Waals surface area contributed by atoms with Gasteiger partial charge in [0.15, 0.2) is 0 Å². The first-order chi connectivity index (χ1) is 12.2. The number of fused-ring (bicyclic) bond motifs is 1. The van der Waals surface area contributed by atoms with Crippen molar-refractivity contribution in [1.82, 2.24) is 20.4 Å². The van der Waals surface area contributed by atoms with Crippen LogP contribution >= 0.6 is 0 Å². The summed E-state index contributed by atoms with van der Waals surface area (Å²) in [5, 5.41) is 12.3. The highest BCUT2D eigenvalue weighted by Crippen LogP contribution is 2.20. The van der Waals surface area contributed by atoms with Gasteiger partial charge in [-0.15, -0.1) is 0 Å². The minimum atomic E-state index is -0.422. The Labute approximate surface area is 146 Å². The van der Waals surface area contributed by atoms with Crippen LogP contribution in [0.4, 0.5) is 0 Å². The van der Waals surface area contributed by atoms with E-state index in [2.05, 4.69) is 27.9 Å². The number of likely N-dealkylation sites (N-methyl/N-ethyl adjacent to an activating group) is 1. The summed E-state index contributed by atoms with van der Waals surface area (Å²) in [5.41, 5.74) is 0.831. The van der Waals surface area contributed by atoms with E-state index in [1.54, 1.807) is 17.9 Å². The van der Waals surface area contributed by atoms with Crippen molar-refractivity contribution in [3.63, 3.8) is 0 Å². The fraction of sp³-hybridized carbons (Fsp3) is 0.263. The highest BCUT2D eigenvalue weighted by molar-refractivity contribution is 5.84. The molecule has 6 nitrogen and oxygen atoms in total. The Balaban J connectivity index is 1.50. The molecule has 3 aromatic rings. The Morgan fingerprint density at radius 1 is 1.24 bits per heavy atom. The van der Waals surface area contributed by atoms with Crippen LogP contribution < -0.4 is 15.4 Å². The Hall–Kier alpha value is -2.86. The topological polar surface area (TPSA) is 68.2 Å². The van der Waals surface area contributed by atoms with E-state index in [0.29, 0.717) is 13.2 Å². The number of ether oxygens (including phenoxy) is 1. The number of hydrogen-bond acceptors (Lipinski definition) is 4. The standard InChI is InChI=1S/C19H22N4O2/c1-20-18(16-12-22-23(2)13-16)19(24)21-9-10-25-17-8-7-14-5-3-4-6-15(14)11-17/h3-8,11-13,18,20H,9-10H2,1-2H3,(H,21,24). The summed E-state index contributed by atoms with van der Waals surface area (Å²) in [7, 11) is 3.58. The summed E-state index contributed by atoms with van der Waals surface area (Å²) in [6, 6.07) is 13.7. The van der Waals surface area contributed by atoms with Gasteiger partial charge in [-0.1, -0.05) is 30.3 Å². The predicted molar refractivity (Wildman–Crippen MR) is 97.5 cm³/mol. The first-order valence-electron chi connectivity index (χ1n) is 8.22. The maximum Gasteiger partial charge on any atom is 0.241 e. The highest BCUT2D eigenvalue weighted by atomic mass is 16.5. The molecule has 0 aliphatic rings. The third kappa shape index (κ3) is 4.16. The van der Waals surface area contributed by atoms with Gasteiger partial charge in [-0.05, 0) is 30.0 Å². The van der Waals surface area contributed by atoms with Crippen LogP contribution in [0.25, 0.3) is 10.8 Å². The van der Waals surface area contributed by atoms with Gasteiger partial charge in [-0.3, -0.25) is 9.48 Å². The largest absolute Gasteiger partial charge is 0.492 e. The van der Waals surface area contributed by atoms with Gasteiger partial charge >= 0.3 is 0 Å². The zero-order chi connectivity index (χ0) is 17.6. The monoisotopic (exact) mass is 338 g/mol. The van der Waals surface area contributed by atoms with Gasteiger partial charge in [0.25, 0.3) is 0 Å². The highest BCUT2D eigenvalue weighted by Gasteiger charge is 2.19. The summed E-state index contributed by atoms with van der Waals surface area (Å²) in [6.07, 6.45) is 3.51. The smallest absolute Gasteiger partial charge is 0.241 e. The van der Waals surface area contributed by atoms with E-state index >= 15 is 0 Å². The average molecular weight is 338 g/mol. The number of nitrogens with zero attached hydrogens (tertiary/aromatic N) is 2. The van der Waals surface area contributed by atoms with E-state index in [0.717, 1.165) is 16.7 Å². The van der Waals surface area contributed by atoms with Gasteiger partial charge < -0.3 is 15.4 Å². The van der Waals surface area contributed by atoms with E-state index < -0.39 is 6.04 Å². The van der Waals surface area contributed by atoms with Crippen LogP contribution in [0.1, 0.15) is 11.6 Å². The Morgan fingerprint density at radius 2 is 2.04 bits per heavy atom. The number of aryl methyl sites for hydroxylation is 1. The van der Waals surface area contributed by atoms with Gasteiger partial charge in [0.1, 0.15) is 18.4 Å². The van der Waals surface area contributed by atoms with E-state index in [1.807, 2.05) is 43.6 Å². The Kier molecular flexibility index (Phi) is 5.30. The van der Waals surface area contributed by atoms with Crippen molar-refractivity contribution >= 4 is 16.7 Å². The number of rotatable bonds is 7. The van der Waals surface area contributed by atoms with Crippen molar-refractivity contribution in [3.8, 4) is 5.75 Å². The van der Waals surface area contributed by atoms with Crippen molar-refractivity contribution in [2.75, 3.05) is 20.2 Å². The maximum absolute atomic E-state index is 12.3. The molecule has 6 heteroatoms. The van der Waals surface area contributed by atoms with Crippen LogP contribution in [0.5, 0.6) is 5.75 Å². The lowest BCUT2D eigenvalue weighted by Crippen LogP contribution is -2.37. The minimum Gasteiger partial charge on any atom is -0.492 e. The second-order valence-corrected chi connectivity index (χ2v) is 5.82. The second kappa shape index (κ2) is 7.81. The summed E-state index contributed by atoms with van der Waals surface area (Å²) >= 11 is 0. The molecule has 2 N–H and O–H groups in total. The average Bonchev–Trinajstić information content (AvgIpc) is 3.05. The van der Waals surface area contributed by atoms with E-state index in [-0.39, 0.29) is 5.91 Å². The molecule has 2 aromatic carbocycles. The van der Waals surface area contributed by atoms with E-state index in [4.69, 9.17) is 4.74 Å². The van der Waals surface area contributed by atoms with Gasteiger partial charge in [0, 0.05) is 18.8 Å². The lowest BCUT2D eigenvalue weighted by atomic mass is 10.1. The summed E-state index contributed by atoms with van der Waals surface area (Å²) < 4.78 is 7.41. The first kappa shape index (κ1) is 17.0. The quantitative estimate of drug-likeness (QED) is 0.647. The summed E-state index contributed by atoms with van der Waals surface area (Å²) in [4.78, 5) is 12.3. The molecule has 0 aliphatic carbocycles. The number of carbonyl (C=O) groups excluding carboxylic acids is 1. The summed E-state index contributed by atoms with van der Waals surface area (Å²) in [5.74, 6) is 0.697. The molecule has 0 aliphatic heterocycles. The van der Waals surface area contributed by atoms with Crippen molar-refractivity contribution in [1.29, 1.82) is 0 Å². The first-order valence-corrected chi connectivity index (χ1v) is 8.22. The second-order valence-electron chi connectivity index (χ2n) is 5.82. The Bertz CT molecular complexity index is 859. The van der Waals surface area contributed by atoms with E-state index in [1.165, 1.54) is 5.39 Å². The summed E-state index contributed by atoms with van der Waals surface area (Å²) in [6.45, 7) is 0.845. The van der Waals surface area contributed by atoms with Crippen molar-refractivity contribution in [2.45, 2.75) is 6.04 Å². The molecule has 0 radical (unpaired) electrons. The Morgan fingerprint density at radius 3 is 2.76 bits per heavy atom. The van der Waals surface area contributed by atoms with Gasteiger partial charge in [-0.2, -0.15) is 5.10 Å².